The Hall–Kier alpha value is -2.46. The van der Waals surface area contributed by atoms with Gasteiger partial charge in [-0.05, 0) is 31.2 Å². The lowest BCUT2D eigenvalue weighted by molar-refractivity contribution is -0.160. The molecule has 1 aliphatic heterocycles. The number of amides is 1. The van der Waals surface area contributed by atoms with Gasteiger partial charge < -0.3 is 14.8 Å². The molecular weight excluding hydrogens is 364 g/mol. The molecule has 1 aromatic carbocycles. The second-order valence-corrected chi connectivity index (χ2v) is 7.58. The average Bonchev–Trinajstić information content (AvgIpc) is 2.84. The molecule has 10 heteroatoms. The Morgan fingerprint density at radius 2 is 1.92 bits per heavy atom. The highest BCUT2D eigenvalue weighted by Crippen LogP contribution is 2.18. The van der Waals surface area contributed by atoms with Crippen LogP contribution in [0.25, 0.3) is 0 Å². The topological polar surface area (TPSA) is 128 Å². The van der Waals surface area contributed by atoms with Crippen LogP contribution in [-0.4, -0.2) is 45.0 Å². The molecule has 26 heavy (non-hydrogen) atoms. The Labute approximate surface area is 151 Å². The Kier molecular flexibility index (Phi) is 6.32. The minimum absolute atomic E-state index is 0.00633. The average molecular weight is 384 g/mol. The molecule has 1 aliphatic rings. The van der Waals surface area contributed by atoms with Gasteiger partial charge in [0.15, 0.2) is 0 Å². The van der Waals surface area contributed by atoms with E-state index in [1.54, 1.807) is 6.92 Å². The van der Waals surface area contributed by atoms with E-state index in [4.69, 9.17) is 9.47 Å². The van der Waals surface area contributed by atoms with E-state index in [9.17, 15) is 22.8 Å². The molecule has 0 radical (unpaired) electrons. The first-order chi connectivity index (χ1) is 12.2. The van der Waals surface area contributed by atoms with Crippen molar-refractivity contribution < 1.29 is 32.3 Å². The zero-order valence-electron chi connectivity index (χ0n) is 14.4. The number of rotatable bonds is 7. The van der Waals surface area contributed by atoms with Crippen LogP contribution in [0, 0.1) is 0 Å². The molecule has 2 N–H and O–H groups in total. The molecule has 1 fully saturated rings. The van der Waals surface area contributed by atoms with Crippen LogP contribution in [0.3, 0.4) is 0 Å². The summed E-state index contributed by atoms with van der Waals surface area (Å²) in [7, 11) is -3.81. The Morgan fingerprint density at radius 1 is 1.27 bits per heavy atom. The number of hydrogen-bond donors (Lipinski definition) is 2. The molecule has 0 aromatic heterocycles. The second-order valence-electron chi connectivity index (χ2n) is 5.82. The molecule has 2 rings (SSSR count). The smallest absolute Gasteiger partial charge is 0.347 e. The lowest BCUT2D eigenvalue weighted by atomic mass is 10.2. The van der Waals surface area contributed by atoms with Gasteiger partial charge in [0.05, 0.1) is 11.3 Å². The quantitative estimate of drug-likeness (QED) is 0.657. The number of hydrogen-bond acceptors (Lipinski definition) is 7. The van der Waals surface area contributed by atoms with Crippen molar-refractivity contribution in [3.05, 3.63) is 24.3 Å². The van der Waals surface area contributed by atoms with E-state index in [-0.39, 0.29) is 36.3 Å². The normalized spacial score (nSPS) is 19.7. The van der Waals surface area contributed by atoms with Gasteiger partial charge in [-0.3, -0.25) is 9.59 Å². The summed E-state index contributed by atoms with van der Waals surface area (Å²) in [6.07, 6.45) is -1.17. The van der Waals surface area contributed by atoms with Gasteiger partial charge in [0, 0.05) is 25.6 Å². The number of anilines is 1. The summed E-state index contributed by atoms with van der Waals surface area (Å²) in [6, 6.07) is 5.58. The zero-order valence-corrected chi connectivity index (χ0v) is 15.2. The van der Waals surface area contributed by atoms with E-state index in [0.717, 1.165) is 0 Å². The van der Waals surface area contributed by atoms with Crippen LogP contribution >= 0.6 is 0 Å². The van der Waals surface area contributed by atoms with E-state index >= 15 is 0 Å². The highest BCUT2D eigenvalue weighted by Gasteiger charge is 2.34. The molecule has 2 atom stereocenters. The van der Waals surface area contributed by atoms with Crippen molar-refractivity contribution in [2.45, 2.75) is 43.8 Å². The van der Waals surface area contributed by atoms with Crippen molar-refractivity contribution in [1.29, 1.82) is 0 Å². The Balaban J connectivity index is 1.83. The standard InChI is InChI=1S/C16H20N2O7S/c1-10-9-14(16(21)24-10)25-15(20)7-8-17-26(22,23)13-5-3-12(4-6-13)18-11(2)19/h3-6,10,14,17H,7-9H2,1-2H3,(H,18,19). The molecule has 1 amide bonds. The largest absolute Gasteiger partial charge is 0.460 e. The third-order valence-electron chi connectivity index (χ3n) is 3.51. The molecule has 0 spiro atoms. The van der Waals surface area contributed by atoms with Gasteiger partial charge in [-0.25, -0.2) is 17.9 Å². The fourth-order valence-electron chi connectivity index (χ4n) is 2.33. The third kappa shape index (κ3) is 5.53. The summed E-state index contributed by atoms with van der Waals surface area (Å²) in [4.78, 5) is 34.1. The van der Waals surface area contributed by atoms with E-state index in [0.29, 0.717) is 5.69 Å². The van der Waals surface area contributed by atoms with Gasteiger partial charge in [0.25, 0.3) is 0 Å². The van der Waals surface area contributed by atoms with E-state index < -0.39 is 28.1 Å². The Bertz CT molecular complexity index is 789. The number of carbonyl (C=O) groups is 3. The fraction of sp³-hybridized carbons (Fsp3) is 0.438. The van der Waals surface area contributed by atoms with Crippen LogP contribution in [0.5, 0.6) is 0 Å². The molecule has 1 heterocycles. The van der Waals surface area contributed by atoms with E-state index in [1.165, 1.54) is 31.2 Å². The summed E-state index contributed by atoms with van der Waals surface area (Å²) in [6.45, 7) is 2.86. The van der Waals surface area contributed by atoms with Crippen molar-refractivity contribution in [3.8, 4) is 0 Å². The Morgan fingerprint density at radius 3 is 2.46 bits per heavy atom. The van der Waals surface area contributed by atoms with Crippen molar-refractivity contribution in [2.24, 2.45) is 0 Å². The first-order valence-electron chi connectivity index (χ1n) is 7.94. The molecule has 0 aliphatic carbocycles. The molecule has 142 valence electrons. The van der Waals surface area contributed by atoms with Crippen LogP contribution in [0.2, 0.25) is 0 Å². The molecule has 2 unspecified atom stereocenters. The summed E-state index contributed by atoms with van der Waals surface area (Å²) >= 11 is 0. The molecule has 0 saturated carbocycles. The van der Waals surface area contributed by atoms with Crippen molar-refractivity contribution in [3.63, 3.8) is 0 Å². The minimum Gasteiger partial charge on any atom is -0.460 e. The van der Waals surface area contributed by atoms with Crippen LogP contribution in [0.15, 0.2) is 29.2 Å². The lowest BCUT2D eigenvalue weighted by Gasteiger charge is -2.10. The van der Waals surface area contributed by atoms with Crippen LogP contribution in [-0.2, 0) is 33.9 Å². The fourth-order valence-corrected chi connectivity index (χ4v) is 3.36. The van der Waals surface area contributed by atoms with Crippen molar-refractivity contribution >= 4 is 33.6 Å². The molecular formula is C16H20N2O7S. The monoisotopic (exact) mass is 384 g/mol. The maximum Gasteiger partial charge on any atom is 0.347 e. The van der Waals surface area contributed by atoms with Gasteiger partial charge >= 0.3 is 11.9 Å². The van der Waals surface area contributed by atoms with E-state index in [1.807, 2.05) is 0 Å². The summed E-state index contributed by atoms with van der Waals surface area (Å²) < 4.78 is 36.5. The molecule has 0 bridgehead atoms. The van der Waals surface area contributed by atoms with E-state index in [2.05, 4.69) is 10.0 Å². The number of nitrogens with one attached hydrogen (secondary N) is 2. The van der Waals surface area contributed by atoms with Crippen molar-refractivity contribution in [2.75, 3.05) is 11.9 Å². The number of ether oxygens (including phenoxy) is 2. The van der Waals surface area contributed by atoms with Crippen LogP contribution < -0.4 is 10.0 Å². The minimum atomic E-state index is -3.81. The van der Waals surface area contributed by atoms with Gasteiger partial charge in [0.1, 0.15) is 6.10 Å². The van der Waals surface area contributed by atoms with Crippen LogP contribution in [0.4, 0.5) is 5.69 Å². The van der Waals surface area contributed by atoms with Gasteiger partial charge in [-0.2, -0.15) is 0 Å². The second kappa shape index (κ2) is 8.28. The number of carbonyl (C=O) groups excluding carboxylic acids is 3. The van der Waals surface area contributed by atoms with Crippen molar-refractivity contribution in [1.82, 2.24) is 4.72 Å². The molecule has 1 aromatic rings. The van der Waals surface area contributed by atoms with Crippen LogP contribution in [0.1, 0.15) is 26.7 Å². The first kappa shape index (κ1) is 19.9. The molecule has 1 saturated heterocycles. The lowest BCUT2D eigenvalue weighted by Crippen LogP contribution is -2.29. The van der Waals surface area contributed by atoms with Gasteiger partial charge in [0.2, 0.25) is 22.0 Å². The number of sulfonamides is 1. The highest BCUT2D eigenvalue weighted by atomic mass is 32.2. The SMILES string of the molecule is CC(=O)Nc1ccc(S(=O)(=O)NCCC(=O)OC2CC(C)OC2=O)cc1. The zero-order chi connectivity index (χ0) is 19.3. The van der Waals surface area contributed by atoms with Gasteiger partial charge in [-0.1, -0.05) is 0 Å². The predicted octanol–water partition coefficient (Wildman–Crippen LogP) is 0.561. The highest BCUT2D eigenvalue weighted by molar-refractivity contribution is 7.89. The maximum atomic E-state index is 12.2. The van der Waals surface area contributed by atoms with Gasteiger partial charge in [-0.15, -0.1) is 0 Å². The number of cyclic esters (lactones) is 1. The first-order valence-corrected chi connectivity index (χ1v) is 9.43. The molecule has 9 nitrogen and oxygen atoms in total. The maximum absolute atomic E-state index is 12.2. The summed E-state index contributed by atoms with van der Waals surface area (Å²) in [5.41, 5.74) is 0.470. The predicted molar refractivity (Wildman–Crippen MR) is 90.6 cm³/mol. The third-order valence-corrected chi connectivity index (χ3v) is 4.98. The summed E-state index contributed by atoms with van der Waals surface area (Å²) in [5, 5.41) is 2.53. The number of benzene rings is 1. The number of esters is 2. The summed E-state index contributed by atoms with van der Waals surface area (Å²) in [5.74, 6) is -1.55.